The van der Waals surface area contributed by atoms with Crippen LogP contribution < -0.4 is 11.1 Å². The maximum Gasteiger partial charge on any atom is 0.255 e. The first-order chi connectivity index (χ1) is 21.4. The summed E-state index contributed by atoms with van der Waals surface area (Å²) in [6.07, 6.45) is 11.8. The molecule has 1 aliphatic carbocycles. The zero-order valence-corrected chi connectivity index (χ0v) is 29.7. The van der Waals surface area contributed by atoms with Gasteiger partial charge in [-0.25, -0.2) is 13.8 Å². The summed E-state index contributed by atoms with van der Waals surface area (Å²) >= 11 is 0. The molecule has 1 aliphatic rings. The number of nitrogens with one attached hydrogen (secondary N) is 1. The number of amides is 1. The molecule has 0 heterocycles. The van der Waals surface area contributed by atoms with Crippen molar-refractivity contribution in [2.75, 3.05) is 59.9 Å². The molecule has 258 valence electrons. The van der Waals surface area contributed by atoms with Gasteiger partial charge in [-0.1, -0.05) is 63.8 Å². The van der Waals surface area contributed by atoms with E-state index in [1.54, 1.807) is 31.3 Å². The lowest BCUT2D eigenvalue weighted by Crippen LogP contribution is -2.40. The molecule has 0 aromatic heterocycles. The number of carbonyl (C=O) groups is 1. The van der Waals surface area contributed by atoms with Gasteiger partial charge in [-0.2, -0.15) is 0 Å². The summed E-state index contributed by atoms with van der Waals surface area (Å²) in [5.74, 6) is 1.58. The second-order valence-electron chi connectivity index (χ2n) is 10.9. The molecule has 0 aromatic rings. The summed E-state index contributed by atoms with van der Waals surface area (Å²) in [7, 11) is 2.80. The fourth-order valence-electron chi connectivity index (χ4n) is 4.14. The fraction of sp³-hybridized carbons (Fsp3) is 0.618. The molecule has 4 unspecified atom stereocenters. The SMILES string of the molecule is C=C(/C=C(\N=C(/CC)N(CC(F)F)CC1CC1C)N(CCOC)/S(C)=C\C)C(=O)NCC(N)COC.C=C/C=C(C)\C=C/CC. The summed E-state index contributed by atoms with van der Waals surface area (Å²) in [6, 6.07) is -0.345. The Morgan fingerprint density at radius 1 is 1.27 bits per heavy atom. The molecule has 0 saturated heterocycles. The van der Waals surface area contributed by atoms with E-state index in [9.17, 15) is 13.6 Å². The van der Waals surface area contributed by atoms with Crippen LogP contribution in [0.2, 0.25) is 0 Å². The second kappa shape index (κ2) is 24.6. The minimum absolute atomic E-state index is 0.195. The van der Waals surface area contributed by atoms with Gasteiger partial charge in [0, 0.05) is 45.3 Å². The number of halogens is 2. The quantitative estimate of drug-likeness (QED) is 0.0536. The maximum absolute atomic E-state index is 13.5. The van der Waals surface area contributed by atoms with E-state index < -0.39 is 6.43 Å². The second-order valence-corrected chi connectivity index (χ2v) is 12.9. The first-order valence-corrected chi connectivity index (χ1v) is 17.2. The number of hydrogen-bond donors (Lipinski definition) is 2. The molecule has 4 atom stereocenters. The highest BCUT2D eigenvalue weighted by Gasteiger charge is 2.35. The predicted octanol–water partition coefficient (Wildman–Crippen LogP) is 6.17. The molecule has 1 rings (SSSR count). The third-order valence-electron chi connectivity index (χ3n) is 6.95. The Kier molecular flexibility index (Phi) is 23.2. The molecule has 1 fully saturated rings. The Hall–Kier alpha value is -2.60. The molecule has 1 saturated carbocycles. The number of nitrogens with zero attached hydrogens (tertiary/aromatic N) is 3. The van der Waals surface area contributed by atoms with Gasteiger partial charge < -0.3 is 29.7 Å². The number of ether oxygens (including phenoxy) is 2. The van der Waals surface area contributed by atoms with Gasteiger partial charge in [0.05, 0.1) is 26.3 Å². The molecule has 0 radical (unpaired) electrons. The van der Waals surface area contributed by atoms with E-state index in [2.05, 4.69) is 51.4 Å². The fourth-order valence-corrected chi connectivity index (χ4v) is 5.14. The summed E-state index contributed by atoms with van der Waals surface area (Å²) in [6.45, 7) is 19.4. The van der Waals surface area contributed by atoms with Crippen LogP contribution in [0.3, 0.4) is 0 Å². The Bertz CT molecular complexity index is 1060. The van der Waals surface area contributed by atoms with E-state index in [1.165, 1.54) is 5.57 Å². The zero-order valence-electron chi connectivity index (χ0n) is 28.9. The van der Waals surface area contributed by atoms with Crippen molar-refractivity contribution in [1.29, 1.82) is 0 Å². The Morgan fingerprint density at radius 3 is 2.42 bits per heavy atom. The lowest BCUT2D eigenvalue weighted by molar-refractivity contribution is -0.117. The van der Waals surface area contributed by atoms with Crippen LogP contribution >= 0.6 is 10.7 Å². The smallest absolute Gasteiger partial charge is 0.255 e. The number of allylic oxidation sites excluding steroid dienone is 5. The van der Waals surface area contributed by atoms with Crippen molar-refractivity contribution < 1.29 is 23.0 Å². The van der Waals surface area contributed by atoms with Crippen LogP contribution in [-0.2, 0) is 14.3 Å². The number of rotatable bonds is 20. The summed E-state index contributed by atoms with van der Waals surface area (Å²) in [5, 5.41) is 4.79. The summed E-state index contributed by atoms with van der Waals surface area (Å²) < 4.78 is 39.3. The number of amidine groups is 1. The zero-order chi connectivity index (χ0) is 34.4. The molecule has 1 amide bonds. The van der Waals surface area contributed by atoms with Crippen molar-refractivity contribution in [3.8, 4) is 0 Å². The van der Waals surface area contributed by atoms with E-state index in [0.717, 1.165) is 12.8 Å². The van der Waals surface area contributed by atoms with E-state index in [-0.39, 0.29) is 41.3 Å². The van der Waals surface area contributed by atoms with Crippen molar-refractivity contribution in [2.24, 2.45) is 22.6 Å². The molecular formula is C34H59F2N5O3S. The highest BCUT2D eigenvalue weighted by molar-refractivity contribution is 8.12. The van der Waals surface area contributed by atoms with Crippen molar-refractivity contribution in [3.05, 3.63) is 60.5 Å². The molecule has 0 bridgehead atoms. The largest absolute Gasteiger partial charge is 0.383 e. The van der Waals surface area contributed by atoms with Gasteiger partial charge in [0.25, 0.3) is 12.3 Å². The van der Waals surface area contributed by atoms with E-state index in [0.29, 0.717) is 56.2 Å². The molecular weight excluding hydrogens is 596 g/mol. The van der Waals surface area contributed by atoms with Crippen molar-refractivity contribution in [3.63, 3.8) is 0 Å². The van der Waals surface area contributed by atoms with Crippen molar-refractivity contribution in [2.45, 2.75) is 66.3 Å². The number of carbonyl (C=O) groups excluding carboxylic acids is 1. The molecule has 8 nitrogen and oxygen atoms in total. The number of hydrogen-bond acceptors (Lipinski definition) is 6. The average molecular weight is 656 g/mol. The lowest BCUT2D eigenvalue weighted by Gasteiger charge is -2.30. The minimum Gasteiger partial charge on any atom is -0.383 e. The first kappa shape index (κ1) is 42.4. The van der Waals surface area contributed by atoms with Crippen LogP contribution in [0.15, 0.2) is 65.5 Å². The number of alkyl halides is 2. The summed E-state index contributed by atoms with van der Waals surface area (Å²) in [5.41, 5.74) is 7.36. The van der Waals surface area contributed by atoms with E-state index in [1.807, 2.05) is 35.9 Å². The average Bonchev–Trinajstić information content (AvgIpc) is 3.70. The predicted molar refractivity (Wildman–Crippen MR) is 190 cm³/mol. The van der Waals surface area contributed by atoms with Gasteiger partial charge in [-0.05, 0) is 56.2 Å². The van der Waals surface area contributed by atoms with Gasteiger partial charge in [-0.3, -0.25) is 4.79 Å². The van der Waals surface area contributed by atoms with Crippen molar-refractivity contribution in [1.82, 2.24) is 14.5 Å². The highest BCUT2D eigenvalue weighted by Crippen LogP contribution is 2.38. The van der Waals surface area contributed by atoms with Crippen LogP contribution in [0.5, 0.6) is 0 Å². The van der Waals surface area contributed by atoms with Gasteiger partial charge in [0.2, 0.25) is 0 Å². The molecule has 45 heavy (non-hydrogen) atoms. The van der Waals surface area contributed by atoms with Gasteiger partial charge in [0.1, 0.15) is 11.7 Å². The monoisotopic (exact) mass is 655 g/mol. The Morgan fingerprint density at radius 2 is 1.93 bits per heavy atom. The minimum atomic E-state index is -2.48. The molecule has 0 spiro atoms. The van der Waals surface area contributed by atoms with Gasteiger partial charge in [0.15, 0.2) is 0 Å². The molecule has 0 aromatic carbocycles. The molecule has 3 N–H and O–H groups in total. The third kappa shape index (κ3) is 18.8. The van der Waals surface area contributed by atoms with Crippen LogP contribution in [0.4, 0.5) is 8.78 Å². The van der Waals surface area contributed by atoms with E-state index in [4.69, 9.17) is 20.2 Å². The molecule has 0 aliphatic heterocycles. The van der Waals surface area contributed by atoms with Gasteiger partial charge >= 0.3 is 0 Å². The van der Waals surface area contributed by atoms with Gasteiger partial charge in [-0.15, -0.1) is 10.7 Å². The maximum atomic E-state index is 13.5. The molecule has 11 heteroatoms. The Labute approximate surface area is 274 Å². The first-order valence-electron chi connectivity index (χ1n) is 15.6. The third-order valence-corrected chi connectivity index (χ3v) is 8.70. The summed E-state index contributed by atoms with van der Waals surface area (Å²) in [4.78, 5) is 19.3. The van der Waals surface area contributed by atoms with Crippen molar-refractivity contribution >= 4 is 27.8 Å². The van der Waals surface area contributed by atoms with E-state index >= 15 is 0 Å². The number of nitrogens with two attached hydrogens (primary N) is 1. The number of aliphatic imine (C=N–C) groups is 1. The Balaban J connectivity index is 0.00000186. The number of methoxy groups -OCH3 is 2. The lowest BCUT2D eigenvalue weighted by atomic mass is 10.2. The highest BCUT2D eigenvalue weighted by atomic mass is 32.2. The normalized spacial score (nSPS) is 18.4. The topological polar surface area (TPSA) is 92.4 Å². The van der Waals surface area contributed by atoms with Crippen LogP contribution in [0.1, 0.15) is 53.9 Å². The van der Waals surface area contributed by atoms with Crippen LogP contribution in [0.25, 0.3) is 0 Å². The van der Waals surface area contributed by atoms with Crippen LogP contribution in [0, 0.1) is 11.8 Å². The standard InChI is InChI=1S/C25H45F2N5O3S.C9H14/c1-8-23(31(16-22(26)27)15-20-12-18(20)3)30-24(32(10-11-34-5)36(7)9-2)13-19(4)25(33)29-14-21(28)17-35-6;1-4-6-8-9(3)7-5-2/h9,13,18,20-22H,4,8,10-12,14-17,28H2,1-3,5-7H3,(H,29,33);5-8H,2,4H2,1,3H3/b24-13+,30-23+;8-6-,9-7-. The van der Waals surface area contributed by atoms with Crippen LogP contribution in [-0.4, -0.2) is 98.7 Å².